The summed E-state index contributed by atoms with van der Waals surface area (Å²) in [5.41, 5.74) is 9.70. The first-order chi connectivity index (χ1) is 10.0. The summed E-state index contributed by atoms with van der Waals surface area (Å²) in [6.45, 7) is 7.66. The van der Waals surface area contributed by atoms with E-state index in [1.807, 2.05) is 4.90 Å². The molecule has 1 unspecified atom stereocenters. The molecule has 1 aliphatic rings. The minimum absolute atomic E-state index is 0. The number of carbonyl (C=O) groups excluding carboxylic acids is 1. The van der Waals surface area contributed by atoms with Crippen molar-refractivity contribution < 1.29 is 9.53 Å². The molecule has 0 radical (unpaired) electrons. The summed E-state index contributed by atoms with van der Waals surface area (Å²) in [6.07, 6.45) is 0. The molecule has 132 valence electrons. The van der Waals surface area contributed by atoms with Gasteiger partial charge in [-0.3, -0.25) is 4.79 Å². The van der Waals surface area contributed by atoms with Crippen molar-refractivity contribution in [2.45, 2.75) is 19.9 Å². The molecule has 23 heavy (non-hydrogen) atoms. The van der Waals surface area contributed by atoms with Gasteiger partial charge in [0.2, 0.25) is 5.91 Å². The van der Waals surface area contributed by atoms with Gasteiger partial charge in [0.15, 0.2) is 0 Å². The first-order valence-corrected chi connectivity index (χ1v) is 7.39. The zero-order valence-corrected chi connectivity index (χ0v) is 15.6. The third-order valence-electron chi connectivity index (χ3n) is 4.17. The fourth-order valence-corrected chi connectivity index (χ4v) is 2.73. The van der Waals surface area contributed by atoms with Crippen molar-refractivity contribution in [3.8, 4) is 0 Å². The van der Waals surface area contributed by atoms with Crippen LogP contribution >= 0.6 is 24.8 Å². The van der Waals surface area contributed by atoms with Gasteiger partial charge < -0.3 is 20.3 Å². The molecule has 2 N–H and O–H groups in total. The number of rotatable bonds is 4. The largest absolute Gasteiger partial charge is 0.383 e. The van der Waals surface area contributed by atoms with E-state index >= 15 is 0 Å². The summed E-state index contributed by atoms with van der Waals surface area (Å²) in [5, 5.41) is 0. The molecule has 0 aromatic heterocycles. The first-order valence-electron chi connectivity index (χ1n) is 7.39. The molecule has 1 fully saturated rings. The zero-order chi connectivity index (χ0) is 15.4. The molecule has 1 heterocycles. The Morgan fingerprint density at radius 1 is 1.22 bits per heavy atom. The van der Waals surface area contributed by atoms with Crippen LogP contribution in [0.2, 0.25) is 0 Å². The number of carbonyl (C=O) groups is 1. The molecule has 0 spiro atoms. The summed E-state index contributed by atoms with van der Waals surface area (Å²) >= 11 is 0. The number of amides is 1. The van der Waals surface area contributed by atoms with E-state index in [-0.39, 0.29) is 37.3 Å². The number of nitrogens with zero attached hydrogens (tertiary/aromatic N) is 2. The van der Waals surface area contributed by atoms with Gasteiger partial charge in [-0.05, 0) is 31.0 Å². The summed E-state index contributed by atoms with van der Waals surface area (Å²) in [4.78, 5) is 16.3. The van der Waals surface area contributed by atoms with E-state index in [1.165, 1.54) is 16.8 Å². The van der Waals surface area contributed by atoms with E-state index in [2.05, 4.69) is 36.9 Å². The van der Waals surface area contributed by atoms with Gasteiger partial charge in [0.25, 0.3) is 0 Å². The third kappa shape index (κ3) is 5.24. The average molecular weight is 364 g/mol. The average Bonchev–Trinajstić information content (AvgIpc) is 2.50. The van der Waals surface area contributed by atoms with Crippen molar-refractivity contribution in [1.82, 2.24) is 4.90 Å². The summed E-state index contributed by atoms with van der Waals surface area (Å²) in [7, 11) is 1.56. The Labute approximate surface area is 151 Å². The molecule has 0 bridgehead atoms. The van der Waals surface area contributed by atoms with Crippen molar-refractivity contribution in [1.29, 1.82) is 0 Å². The molecule has 1 aromatic rings. The molecule has 1 atom stereocenters. The van der Waals surface area contributed by atoms with Crippen LogP contribution in [-0.4, -0.2) is 56.7 Å². The van der Waals surface area contributed by atoms with Gasteiger partial charge in [-0.1, -0.05) is 12.1 Å². The number of benzene rings is 1. The lowest BCUT2D eigenvalue weighted by Gasteiger charge is -2.37. The molecule has 5 nitrogen and oxygen atoms in total. The van der Waals surface area contributed by atoms with Crippen LogP contribution in [0.15, 0.2) is 18.2 Å². The quantitative estimate of drug-likeness (QED) is 0.885. The van der Waals surface area contributed by atoms with Crippen molar-refractivity contribution in [2.24, 2.45) is 5.73 Å². The van der Waals surface area contributed by atoms with E-state index in [0.717, 1.165) is 13.1 Å². The predicted octanol–water partition coefficient (Wildman–Crippen LogP) is 1.77. The first kappa shape index (κ1) is 22.0. The highest BCUT2D eigenvalue weighted by atomic mass is 35.5. The summed E-state index contributed by atoms with van der Waals surface area (Å²) < 4.78 is 4.95. The third-order valence-corrected chi connectivity index (χ3v) is 4.17. The maximum Gasteiger partial charge on any atom is 0.241 e. The lowest BCUT2D eigenvalue weighted by molar-refractivity contribution is -0.134. The maximum absolute atomic E-state index is 12.2. The van der Waals surface area contributed by atoms with Gasteiger partial charge in [-0.25, -0.2) is 0 Å². The highest BCUT2D eigenvalue weighted by Crippen LogP contribution is 2.23. The van der Waals surface area contributed by atoms with Crippen LogP contribution in [0.1, 0.15) is 11.1 Å². The van der Waals surface area contributed by atoms with E-state index in [4.69, 9.17) is 10.5 Å². The van der Waals surface area contributed by atoms with Gasteiger partial charge in [-0.2, -0.15) is 0 Å². The minimum atomic E-state index is -0.553. The second-order valence-corrected chi connectivity index (χ2v) is 5.59. The van der Waals surface area contributed by atoms with Crippen LogP contribution in [0.5, 0.6) is 0 Å². The van der Waals surface area contributed by atoms with Crippen LogP contribution in [0, 0.1) is 13.8 Å². The van der Waals surface area contributed by atoms with E-state index < -0.39 is 6.04 Å². The smallest absolute Gasteiger partial charge is 0.241 e. The predicted molar refractivity (Wildman–Crippen MR) is 99.1 cm³/mol. The Morgan fingerprint density at radius 2 is 1.83 bits per heavy atom. The molecule has 7 heteroatoms. The van der Waals surface area contributed by atoms with Crippen LogP contribution in [-0.2, 0) is 9.53 Å². The highest BCUT2D eigenvalue weighted by molar-refractivity contribution is 5.85. The molecule has 0 aliphatic carbocycles. The van der Waals surface area contributed by atoms with Gasteiger partial charge in [0.1, 0.15) is 6.04 Å². The number of ether oxygens (including phenoxy) is 1. The van der Waals surface area contributed by atoms with Gasteiger partial charge in [0.05, 0.1) is 6.61 Å². The monoisotopic (exact) mass is 363 g/mol. The standard InChI is InChI=1S/C16H25N3O2.2ClH/c1-12-5-4-6-15(13(12)2)18-7-9-19(10-8-18)16(20)14(17)11-21-3;;/h4-6,14H,7-11,17H2,1-3H3;2*1H. The Balaban J connectivity index is 0.00000242. The van der Waals surface area contributed by atoms with Crippen LogP contribution in [0.25, 0.3) is 0 Å². The van der Waals surface area contributed by atoms with Gasteiger partial charge in [-0.15, -0.1) is 24.8 Å². The number of nitrogens with two attached hydrogens (primary N) is 1. The number of hydrogen-bond acceptors (Lipinski definition) is 4. The van der Waals surface area contributed by atoms with E-state index in [0.29, 0.717) is 13.1 Å². The van der Waals surface area contributed by atoms with E-state index in [9.17, 15) is 4.79 Å². The summed E-state index contributed by atoms with van der Waals surface area (Å²) in [5.74, 6) is -0.0162. The van der Waals surface area contributed by atoms with Crippen molar-refractivity contribution >= 4 is 36.4 Å². The van der Waals surface area contributed by atoms with Crippen molar-refractivity contribution in [2.75, 3.05) is 44.8 Å². The Morgan fingerprint density at radius 3 is 2.39 bits per heavy atom. The zero-order valence-electron chi connectivity index (χ0n) is 13.9. The normalized spacial score (nSPS) is 15.5. The van der Waals surface area contributed by atoms with Crippen LogP contribution in [0.4, 0.5) is 5.69 Å². The SMILES string of the molecule is COCC(N)C(=O)N1CCN(c2cccc(C)c2C)CC1.Cl.Cl. The molecule has 1 saturated heterocycles. The fraction of sp³-hybridized carbons (Fsp3) is 0.562. The van der Waals surface area contributed by atoms with Gasteiger partial charge in [0, 0.05) is 39.0 Å². The summed E-state index contributed by atoms with van der Waals surface area (Å²) in [6, 6.07) is 5.81. The number of piperazine rings is 1. The molecule has 2 rings (SSSR count). The van der Waals surface area contributed by atoms with Crippen molar-refractivity contribution in [3.63, 3.8) is 0 Å². The topological polar surface area (TPSA) is 58.8 Å². The molecule has 1 aliphatic heterocycles. The fourth-order valence-electron chi connectivity index (χ4n) is 2.73. The number of methoxy groups -OCH3 is 1. The molecule has 1 amide bonds. The molecule has 1 aromatic carbocycles. The maximum atomic E-state index is 12.2. The number of halogens is 2. The van der Waals surface area contributed by atoms with Crippen LogP contribution in [0.3, 0.4) is 0 Å². The number of hydrogen-bond donors (Lipinski definition) is 1. The molecular weight excluding hydrogens is 337 g/mol. The number of aryl methyl sites for hydroxylation is 1. The van der Waals surface area contributed by atoms with Crippen LogP contribution < -0.4 is 10.6 Å². The Bertz CT molecular complexity index is 506. The Hall–Kier alpha value is -1.01. The van der Waals surface area contributed by atoms with Crippen molar-refractivity contribution in [3.05, 3.63) is 29.3 Å². The lowest BCUT2D eigenvalue weighted by Crippen LogP contribution is -2.54. The van der Waals surface area contributed by atoms with E-state index in [1.54, 1.807) is 7.11 Å². The lowest BCUT2D eigenvalue weighted by atomic mass is 10.1. The second kappa shape index (κ2) is 9.98. The molecular formula is C16H27Cl2N3O2. The minimum Gasteiger partial charge on any atom is -0.383 e. The highest BCUT2D eigenvalue weighted by Gasteiger charge is 2.25. The van der Waals surface area contributed by atoms with Gasteiger partial charge >= 0.3 is 0 Å². The second-order valence-electron chi connectivity index (χ2n) is 5.59. The Kier molecular flexibility index (Phi) is 9.54. The molecule has 0 saturated carbocycles. The number of anilines is 1.